The molecule has 4 nitrogen and oxygen atoms in total. The molecule has 2 rings (SSSR count). The van der Waals surface area contributed by atoms with Gasteiger partial charge in [-0.3, -0.25) is 10.1 Å². The third-order valence-electron chi connectivity index (χ3n) is 1.76. The van der Waals surface area contributed by atoms with Crippen molar-refractivity contribution in [3.63, 3.8) is 0 Å². The van der Waals surface area contributed by atoms with Crippen LogP contribution in [0.4, 0.5) is 5.13 Å². The quantitative estimate of drug-likeness (QED) is 0.835. The van der Waals surface area contributed by atoms with Gasteiger partial charge >= 0.3 is 0 Å². The summed E-state index contributed by atoms with van der Waals surface area (Å²) in [7, 11) is 0. The Morgan fingerprint density at radius 3 is 2.71 bits per heavy atom. The van der Waals surface area contributed by atoms with Crippen molar-refractivity contribution in [2.45, 2.75) is 0 Å². The summed E-state index contributed by atoms with van der Waals surface area (Å²) in [4.78, 5) is 19.6. The van der Waals surface area contributed by atoms with Crippen molar-refractivity contribution in [2.75, 3.05) is 5.32 Å². The van der Waals surface area contributed by atoms with Crippen LogP contribution in [0.2, 0.25) is 10.2 Å². The van der Waals surface area contributed by atoms with Gasteiger partial charge in [0, 0.05) is 6.20 Å². The molecule has 1 amide bonds. The van der Waals surface area contributed by atoms with Crippen LogP contribution in [0.25, 0.3) is 0 Å². The topological polar surface area (TPSA) is 54.9 Å². The molecule has 0 unspecified atom stereocenters. The molecular formula is C9H4BrCl2N3OS. The maximum atomic E-state index is 11.8. The molecular weight excluding hydrogens is 349 g/mol. The minimum absolute atomic E-state index is 0.167. The van der Waals surface area contributed by atoms with Crippen LogP contribution in [-0.4, -0.2) is 15.9 Å². The lowest BCUT2D eigenvalue weighted by Gasteiger charge is -2.02. The molecule has 88 valence electrons. The molecule has 0 saturated heterocycles. The number of nitrogens with one attached hydrogen (secondary N) is 1. The number of aromatic nitrogens is 2. The number of thiazole rings is 1. The smallest absolute Gasteiger partial charge is 0.259 e. The number of rotatable bonds is 2. The first kappa shape index (κ1) is 12.8. The van der Waals surface area contributed by atoms with Crippen molar-refractivity contribution in [1.29, 1.82) is 0 Å². The van der Waals surface area contributed by atoms with Gasteiger partial charge < -0.3 is 0 Å². The highest BCUT2D eigenvalue weighted by Gasteiger charge is 2.11. The third kappa shape index (κ3) is 3.16. The van der Waals surface area contributed by atoms with Crippen molar-refractivity contribution in [2.24, 2.45) is 0 Å². The van der Waals surface area contributed by atoms with Crippen molar-refractivity contribution < 1.29 is 4.79 Å². The van der Waals surface area contributed by atoms with Gasteiger partial charge in [0.05, 0.1) is 20.6 Å². The van der Waals surface area contributed by atoms with E-state index in [0.29, 0.717) is 10.7 Å². The second kappa shape index (κ2) is 5.30. The number of carbonyl (C=O) groups excluding carboxylic acids is 1. The molecule has 0 aliphatic rings. The average molecular weight is 353 g/mol. The van der Waals surface area contributed by atoms with E-state index >= 15 is 0 Å². The second-order valence-electron chi connectivity index (χ2n) is 2.92. The van der Waals surface area contributed by atoms with Gasteiger partial charge in [-0.1, -0.05) is 34.5 Å². The molecule has 2 heterocycles. The number of nitrogens with zero attached hydrogens (tertiary/aromatic N) is 2. The molecule has 0 spiro atoms. The van der Waals surface area contributed by atoms with E-state index in [9.17, 15) is 4.79 Å². The molecule has 0 bridgehead atoms. The van der Waals surface area contributed by atoms with E-state index in [2.05, 4.69) is 31.2 Å². The van der Waals surface area contributed by atoms with Crippen LogP contribution in [0.15, 0.2) is 22.2 Å². The predicted molar refractivity (Wildman–Crippen MR) is 72.0 cm³/mol. The van der Waals surface area contributed by atoms with Gasteiger partial charge in [-0.05, 0) is 22.0 Å². The Morgan fingerprint density at radius 1 is 1.35 bits per heavy atom. The normalized spacial score (nSPS) is 10.3. The van der Waals surface area contributed by atoms with Gasteiger partial charge in [0.25, 0.3) is 5.91 Å². The Morgan fingerprint density at radius 2 is 2.12 bits per heavy atom. The van der Waals surface area contributed by atoms with Gasteiger partial charge in [0.2, 0.25) is 0 Å². The minimum Gasteiger partial charge on any atom is -0.298 e. The highest BCUT2D eigenvalue weighted by Crippen LogP contribution is 2.24. The summed E-state index contributed by atoms with van der Waals surface area (Å²) in [5, 5.41) is 3.52. The molecule has 0 radical (unpaired) electrons. The average Bonchev–Trinajstić information content (AvgIpc) is 2.68. The molecule has 17 heavy (non-hydrogen) atoms. The summed E-state index contributed by atoms with van der Waals surface area (Å²) in [5.74, 6) is -0.335. The minimum atomic E-state index is -0.335. The molecule has 8 heteroatoms. The van der Waals surface area contributed by atoms with E-state index in [4.69, 9.17) is 23.2 Å². The number of carbonyl (C=O) groups is 1. The lowest BCUT2D eigenvalue weighted by Crippen LogP contribution is -2.11. The Hall–Kier alpha value is -0.690. The molecule has 2 aromatic rings. The van der Waals surface area contributed by atoms with Crippen molar-refractivity contribution in [3.05, 3.63) is 38.0 Å². The number of hydrogen-bond acceptors (Lipinski definition) is 4. The maximum absolute atomic E-state index is 11.8. The van der Waals surface area contributed by atoms with Crippen molar-refractivity contribution in [1.82, 2.24) is 9.97 Å². The Balaban J connectivity index is 2.17. The lowest BCUT2D eigenvalue weighted by molar-refractivity contribution is 0.102. The summed E-state index contributed by atoms with van der Waals surface area (Å²) >= 11 is 16.0. The Kier molecular flexibility index (Phi) is 3.98. The van der Waals surface area contributed by atoms with E-state index in [1.165, 1.54) is 23.6 Å². The first-order chi connectivity index (χ1) is 8.06. The first-order valence-electron chi connectivity index (χ1n) is 4.30. The van der Waals surface area contributed by atoms with Gasteiger partial charge in [0.15, 0.2) is 5.13 Å². The predicted octanol–water partition coefficient (Wildman–Crippen LogP) is 3.86. The van der Waals surface area contributed by atoms with Crippen LogP contribution in [-0.2, 0) is 0 Å². The monoisotopic (exact) mass is 351 g/mol. The summed E-state index contributed by atoms with van der Waals surface area (Å²) in [6.45, 7) is 0. The number of pyridine rings is 1. The number of amides is 1. The Bertz CT molecular complexity index is 575. The van der Waals surface area contributed by atoms with Crippen molar-refractivity contribution >= 4 is 61.5 Å². The van der Waals surface area contributed by atoms with Gasteiger partial charge in [-0.2, -0.15) is 0 Å². The van der Waals surface area contributed by atoms with Crippen LogP contribution in [0.3, 0.4) is 0 Å². The highest BCUT2D eigenvalue weighted by atomic mass is 79.9. The zero-order valence-electron chi connectivity index (χ0n) is 8.08. The molecule has 0 atom stereocenters. The molecule has 0 aromatic carbocycles. The lowest BCUT2D eigenvalue weighted by atomic mass is 10.3. The Labute approximate surface area is 119 Å². The van der Waals surface area contributed by atoms with E-state index in [1.54, 1.807) is 6.20 Å². The number of hydrogen-bond donors (Lipinski definition) is 1. The van der Waals surface area contributed by atoms with Crippen LogP contribution < -0.4 is 5.32 Å². The van der Waals surface area contributed by atoms with Gasteiger partial charge in [0.1, 0.15) is 5.15 Å². The molecule has 0 fully saturated rings. The maximum Gasteiger partial charge on any atom is 0.259 e. The van der Waals surface area contributed by atoms with Gasteiger partial charge in [-0.25, -0.2) is 9.97 Å². The van der Waals surface area contributed by atoms with E-state index in [0.717, 1.165) is 3.79 Å². The second-order valence-corrected chi connectivity index (χ2v) is 6.10. The fraction of sp³-hybridized carbons (Fsp3) is 0. The standard InChI is InChI=1S/C9H4BrCl2N3OS/c10-6-3-14-9(17-6)15-8(16)4-1-5(11)7(12)13-2-4/h1-3H,(H,14,15,16). The summed E-state index contributed by atoms with van der Waals surface area (Å²) < 4.78 is 0.833. The number of anilines is 1. The van der Waals surface area contributed by atoms with E-state index in [-0.39, 0.29) is 16.1 Å². The summed E-state index contributed by atoms with van der Waals surface area (Å²) in [6.07, 6.45) is 2.96. The summed E-state index contributed by atoms with van der Waals surface area (Å²) in [5.41, 5.74) is 0.325. The molecule has 0 aliphatic carbocycles. The highest BCUT2D eigenvalue weighted by molar-refractivity contribution is 9.11. The molecule has 2 aromatic heterocycles. The zero-order chi connectivity index (χ0) is 12.4. The fourth-order valence-corrected chi connectivity index (χ4v) is 2.40. The first-order valence-corrected chi connectivity index (χ1v) is 6.66. The van der Waals surface area contributed by atoms with Gasteiger partial charge in [-0.15, -0.1) is 0 Å². The summed E-state index contributed by atoms with van der Waals surface area (Å²) in [6, 6.07) is 1.45. The number of halogens is 3. The van der Waals surface area contributed by atoms with Crippen LogP contribution >= 0.6 is 50.5 Å². The van der Waals surface area contributed by atoms with Crippen molar-refractivity contribution in [3.8, 4) is 0 Å². The molecule has 0 aliphatic heterocycles. The van der Waals surface area contributed by atoms with Crippen LogP contribution in [0.1, 0.15) is 10.4 Å². The fourth-order valence-electron chi connectivity index (χ4n) is 1.03. The molecule has 1 N–H and O–H groups in total. The van der Waals surface area contributed by atoms with E-state index < -0.39 is 0 Å². The van der Waals surface area contributed by atoms with Crippen LogP contribution in [0, 0.1) is 0 Å². The zero-order valence-corrected chi connectivity index (χ0v) is 12.0. The largest absolute Gasteiger partial charge is 0.298 e. The van der Waals surface area contributed by atoms with Crippen LogP contribution in [0.5, 0.6) is 0 Å². The molecule has 0 saturated carbocycles. The SMILES string of the molecule is O=C(Nc1ncc(Br)s1)c1cnc(Cl)c(Cl)c1. The van der Waals surface area contributed by atoms with E-state index in [1.807, 2.05) is 0 Å². The third-order valence-corrected chi connectivity index (χ3v) is 3.83.